The Hall–Kier alpha value is -2.02. The Balaban J connectivity index is 0.00000259. The first kappa shape index (κ1) is 24.1. The van der Waals surface area contributed by atoms with E-state index in [-0.39, 0.29) is 57.1 Å². The Morgan fingerprint density at radius 1 is 1.18 bits per heavy atom. The third-order valence-electron chi connectivity index (χ3n) is 6.02. The number of likely N-dealkylation sites (N-methyl/N-ethyl adjacent to an activating group) is 1. The van der Waals surface area contributed by atoms with Crippen molar-refractivity contribution in [2.75, 3.05) is 50.6 Å². The van der Waals surface area contributed by atoms with Crippen LogP contribution in [0.2, 0.25) is 0 Å². The number of anilines is 3. The van der Waals surface area contributed by atoms with Crippen molar-refractivity contribution in [3.8, 4) is 17.1 Å². The molecule has 1 saturated heterocycles. The number of nitrogens with zero attached hydrogens (tertiary/aromatic N) is 5. The number of carboxylic acid groups (broad SMARTS) is 1. The Labute approximate surface area is 233 Å². The van der Waals surface area contributed by atoms with Gasteiger partial charge in [0.05, 0.1) is 12.8 Å². The summed E-state index contributed by atoms with van der Waals surface area (Å²) in [5.74, 6) is -0.181. The summed E-state index contributed by atoms with van der Waals surface area (Å²) in [5.41, 5.74) is 4.39. The maximum absolute atomic E-state index is 11.4. The molecule has 1 aliphatic heterocycles. The number of hydrogen-bond acceptors (Lipinski definition) is 9. The fraction of sp³-hybridized carbons (Fsp3) is 0.364. The van der Waals surface area contributed by atoms with Crippen molar-refractivity contribution in [2.24, 2.45) is 0 Å². The molecule has 2 aliphatic rings. The molecule has 1 fully saturated rings. The van der Waals surface area contributed by atoms with Crippen LogP contribution in [0.3, 0.4) is 0 Å². The summed E-state index contributed by atoms with van der Waals surface area (Å²) in [6.07, 6.45) is 2.91. The smallest absolute Gasteiger partial charge is 0.375 e. The van der Waals surface area contributed by atoms with Crippen molar-refractivity contribution in [2.45, 2.75) is 12.8 Å². The second kappa shape index (κ2) is 10.1. The Bertz CT molecular complexity index is 1180. The number of aryl methyl sites for hydroxylation is 1. The molecule has 2 aromatic heterocycles. The SMILES string of the molecule is COc1cc(N2CCN(C)CC2)ccc1Nc1ncc2c(n1)-c1noc(C(=O)O)c1CC2.[K]. The molecular weight excluding hydrogens is 451 g/mol. The van der Waals surface area contributed by atoms with Gasteiger partial charge < -0.3 is 29.5 Å². The molecule has 10 nitrogen and oxygen atoms in total. The van der Waals surface area contributed by atoms with Gasteiger partial charge in [0.15, 0.2) is 0 Å². The molecule has 0 bridgehead atoms. The van der Waals surface area contributed by atoms with Gasteiger partial charge in [-0.15, -0.1) is 0 Å². The first-order valence-corrected chi connectivity index (χ1v) is 10.5. The molecule has 5 rings (SSSR count). The first-order chi connectivity index (χ1) is 15.5. The van der Waals surface area contributed by atoms with Crippen molar-refractivity contribution in [3.63, 3.8) is 0 Å². The number of ether oxygens (including phenoxy) is 1. The van der Waals surface area contributed by atoms with Gasteiger partial charge >= 0.3 is 5.97 Å². The molecule has 0 unspecified atom stereocenters. The van der Waals surface area contributed by atoms with Crippen LogP contribution in [0.1, 0.15) is 21.7 Å². The largest absolute Gasteiger partial charge is 0.494 e. The summed E-state index contributed by atoms with van der Waals surface area (Å²) < 4.78 is 10.7. The number of fused-ring (bicyclic) bond motifs is 3. The van der Waals surface area contributed by atoms with Crippen molar-refractivity contribution < 1.29 is 19.2 Å². The van der Waals surface area contributed by atoms with E-state index in [0.29, 0.717) is 41.5 Å². The number of carboxylic acids is 1. The number of benzene rings is 1. The summed E-state index contributed by atoms with van der Waals surface area (Å²) in [6, 6.07) is 6.03. The summed E-state index contributed by atoms with van der Waals surface area (Å²) in [7, 11) is 3.77. The van der Waals surface area contributed by atoms with Crippen LogP contribution >= 0.6 is 0 Å². The maximum Gasteiger partial charge on any atom is 0.375 e. The number of hydrogen-bond donors (Lipinski definition) is 2. The van der Waals surface area contributed by atoms with Gasteiger partial charge in [-0.2, -0.15) is 0 Å². The molecule has 1 aliphatic carbocycles. The average molecular weight is 476 g/mol. The van der Waals surface area contributed by atoms with E-state index < -0.39 is 5.97 Å². The van der Waals surface area contributed by atoms with Crippen molar-refractivity contribution in [1.82, 2.24) is 20.0 Å². The van der Waals surface area contributed by atoms with Crippen molar-refractivity contribution in [1.29, 1.82) is 0 Å². The minimum absolute atomic E-state index is 0. The van der Waals surface area contributed by atoms with E-state index in [2.05, 4.69) is 43.4 Å². The molecule has 167 valence electrons. The molecule has 0 atom stereocenters. The summed E-state index contributed by atoms with van der Waals surface area (Å²) in [6.45, 7) is 4.00. The standard InChI is InChI=1S/C22H24N6O4.K/c1-27-7-9-28(10-8-27)14-4-6-16(17(11-14)31-2)24-22-23-12-13-3-5-15-19(18(13)25-22)26-32-20(15)21(29)30;/h4,6,11-12H,3,5,7-10H2,1-2H3,(H,29,30)(H,23,24,25);. The number of methoxy groups -OCH3 is 1. The van der Waals surface area contributed by atoms with E-state index in [1.54, 1.807) is 13.3 Å². The van der Waals surface area contributed by atoms with Gasteiger partial charge in [-0.3, -0.25) is 0 Å². The van der Waals surface area contributed by atoms with Crippen LogP contribution in [-0.2, 0) is 12.8 Å². The zero-order valence-electron chi connectivity index (χ0n) is 19.0. The van der Waals surface area contributed by atoms with Crippen LogP contribution in [-0.4, -0.2) is 123 Å². The predicted molar refractivity (Wildman–Crippen MR) is 124 cm³/mol. The molecule has 33 heavy (non-hydrogen) atoms. The Morgan fingerprint density at radius 3 is 2.70 bits per heavy atom. The zero-order valence-corrected chi connectivity index (χ0v) is 22.1. The molecule has 0 saturated carbocycles. The van der Waals surface area contributed by atoms with E-state index in [1.807, 2.05) is 12.1 Å². The fourth-order valence-electron chi connectivity index (χ4n) is 4.17. The topological polar surface area (TPSA) is 117 Å². The van der Waals surface area contributed by atoms with Crippen LogP contribution in [0.5, 0.6) is 5.75 Å². The quantitative estimate of drug-likeness (QED) is 0.531. The third kappa shape index (κ3) is 4.79. The van der Waals surface area contributed by atoms with E-state index in [0.717, 1.165) is 43.1 Å². The number of piperazine rings is 1. The van der Waals surface area contributed by atoms with Gasteiger partial charge in [0, 0.05) is 101 Å². The second-order valence-corrected chi connectivity index (χ2v) is 8.01. The van der Waals surface area contributed by atoms with Gasteiger partial charge in [0.1, 0.15) is 17.1 Å². The van der Waals surface area contributed by atoms with E-state index in [9.17, 15) is 9.90 Å². The van der Waals surface area contributed by atoms with Crippen molar-refractivity contribution >= 4 is 74.7 Å². The monoisotopic (exact) mass is 475 g/mol. The second-order valence-electron chi connectivity index (χ2n) is 8.01. The van der Waals surface area contributed by atoms with Crippen LogP contribution in [0.4, 0.5) is 17.3 Å². The minimum Gasteiger partial charge on any atom is -0.494 e. The number of nitrogens with one attached hydrogen (secondary N) is 1. The molecular formula is C22H24KN6O4. The zero-order chi connectivity index (χ0) is 22.2. The minimum atomic E-state index is -1.13. The fourth-order valence-corrected chi connectivity index (χ4v) is 4.17. The van der Waals surface area contributed by atoms with Gasteiger partial charge in [0.25, 0.3) is 0 Å². The first-order valence-electron chi connectivity index (χ1n) is 10.5. The number of carbonyl (C=O) groups is 1. The van der Waals surface area contributed by atoms with Crippen LogP contribution < -0.4 is 15.0 Å². The van der Waals surface area contributed by atoms with Gasteiger partial charge in [-0.05, 0) is 37.6 Å². The Kier molecular flexibility index (Phi) is 7.36. The molecule has 11 heteroatoms. The van der Waals surface area contributed by atoms with E-state index in [4.69, 9.17) is 9.26 Å². The molecule has 3 heterocycles. The predicted octanol–water partition coefficient (Wildman–Crippen LogP) is 2.05. The van der Waals surface area contributed by atoms with Crippen LogP contribution in [0, 0.1) is 0 Å². The number of aromatic carboxylic acids is 1. The number of aromatic nitrogens is 3. The summed E-state index contributed by atoms with van der Waals surface area (Å²) >= 11 is 0. The van der Waals surface area contributed by atoms with Crippen LogP contribution in [0.25, 0.3) is 11.4 Å². The van der Waals surface area contributed by atoms with Gasteiger partial charge in [-0.25, -0.2) is 14.8 Å². The summed E-state index contributed by atoms with van der Waals surface area (Å²) in [4.78, 5) is 25.1. The third-order valence-corrected chi connectivity index (χ3v) is 6.02. The van der Waals surface area contributed by atoms with Gasteiger partial charge in [-0.1, -0.05) is 5.16 Å². The molecule has 1 radical (unpaired) electrons. The van der Waals surface area contributed by atoms with Gasteiger partial charge in [0.2, 0.25) is 11.7 Å². The van der Waals surface area contributed by atoms with Crippen LogP contribution in [0.15, 0.2) is 28.9 Å². The van der Waals surface area contributed by atoms with E-state index in [1.165, 1.54) is 0 Å². The molecule has 1 aromatic carbocycles. The molecule has 0 spiro atoms. The maximum atomic E-state index is 11.4. The number of rotatable bonds is 5. The average Bonchev–Trinajstić information content (AvgIpc) is 3.25. The summed E-state index contributed by atoms with van der Waals surface area (Å²) in [5, 5.41) is 16.5. The molecule has 2 N–H and O–H groups in total. The molecule has 0 amide bonds. The Morgan fingerprint density at radius 2 is 1.97 bits per heavy atom. The molecule has 3 aromatic rings. The van der Waals surface area contributed by atoms with Crippen molar-refractivity contribution in [3.05, 3.63) is 41.3 Å². The normalized spacial score (nSPS) is 15.3. The van der Waals surface area contributed by atoms with E-state index >= 15 is 0 Å².